The number of likely N-dealkylation sites (tertiary alicyclic amines) is 1. The highest BCUT2D eigenvalue weighted by atomic mass is 16.1. The van der Waals surface area contributed by atoms with Gasteiger partial charge >= 0.3 is 0 Å². The normalized spacial score (nSPS) is 22.4. The third-order valence-electron chi connectivity index (χ3n) is 3.08. The first-order valence-corrected chi connectivity index (χ1v) is 6.20. The van der Waals surface area contributed by atoms with E-state index < -0.39 is 0 Å². The maximum Gasteiger partial charge on any atom is 0.224 e. The Morgan fingerprint density at radius 2 is 2.25 bits per heavy atom. The zero-order chi connectivity index (χ0) is 12.0. The van der Waals surface area contributed by atoms with Gasteiger partial charge in [-0.1, -0.05) is 0 Å². The molecule has 0 saturated carbocycles. The van der Waals surface area contributed by atoms with Crippen LogP contribution >= 0.6 is 0 Å². The molecule has 1 aliphatic rings. The first-order chi connectivity index (χ1) is 7.59. The molecular weight excluding hydrogens is 202 g/mol. The molecule has 0 unspecified atom stereocenters. The van der Waals surface area contributed by atoms with E-state index in [0.29, 0.717) is 0 Å². The van der Waals surface area contributed by atoms with Crippen molar-refractivity contribution < 1.29 is 4.79 Å². The summed E-state index contributed by atoms with van der Waals surface area (Å²) in [6.07, 6.45) is 3.22. The first-order valence-electron chi connectivity index (χ1n) is 6.20. The summed E-state index contributed by atoms with van der Waals surface area (Å²) in [7, 11) is 6.20. The monoisotopic (exact) mass is 227 g/mol. The molecule has 1 rings (SSSR count). The number of nitrogens with zero attached hydrogens (tertiary/aromatic N) is 2. The van der Waals surface area contributed by atoms with Crippen LogP contribution in [0.25, 0.3) is 0 Å². The van der Waals surface area contributed by atoms with E-state index in [-0.39, 0.29) is 11.8 Å². The van der Waals surface area contributed by atoms with Gasteiger partial charge in [0.05, 0.1) is 5.92 Å². The lowest BCUT2D eigenvalue weighted by molar-refractivity contribution is -0.126. The molecule has 4 heteroatoms. The number of nitrogens with one attached hydrogen (secondary N) is 1. The predicted molar refractivity (Wildman–Crippen MR) is 66.4 cm³/mol. The molecule has 94 valence electrons. The molecule has 1 amide bonds. The predicted octanol–water partition coefficient (Wildman–Crippen LogP) is 0.396. The Bertz CT molecular complexity index is 218. The van der Waals surface area contributed by atoms with E-state index in [1.54, 1.807) is 0 Å². The summed E-state index contributed by atoms with van der Waals surface area (Å²) in [5, 5.41) is 3.04. The van der Waals surface area contributed by atoms with Crippen LogP contribution in [0.3, 0.4) is 0 Å². The highest BCUT2D eigenvalue weighted by molar-refractivity contribution is 5.78. The number of hydrogen-bond donors (Lipinski definition) is 1. The van der Waals surface area contributed by atoms with Crippen LogP contribution in [-0.2, 0) is 4.79 Å². The highest BCUT2D eigenvalue weighted by Gasteiger charge is 2.23. The molecule has 1 aliphatic heterocycles. The lowest BCUT2D eigenvalue weighted by Crippen LogP contribution is -2.41. The van der Waals surface area contributed by atoms with Crippen molar-refractivity contribution in [1.82, 2.24) is 15.1 Å². The van der Waals surface area contributed by atoms with Gasteiger partial charge in [0.1, 0.15) is 0 Å². The van der Waals surface area contributed by atoms with Gasteiger partial charge in [-0.05, 0) is 53.5 Å². The molecule has 0 aromatic rings. The van der Waals surface area contributed by atoms with Crippen LogP contribution in [0, 0.1) is 5.92 Å². The van der Waals surface area contributed by atoms with Crippen molar-refractivity contribution >= 4 is 5.91 Å². The molecule has 1 heterocycles. The van der Waals surface area contributed by atoms with Crippen molar-refractivity contribution in [2.45, 2.75) is 19.3 Å². The lowest BCUT2D eigenvalue weighted by atomic mass is 9.97. The molecule has 0 bridgehead atoms. The first kappa shape index (κ1) is 13.5. The zero-order valence-electron chi connectivity index (χ0n) is 10.8. The standard InChI is InChI=1S/C12H25N3O/c1-14(2)8-5-7-13-12(16)11-6-4-9-15(3)10-11/h11H,4-10H2,1-3H3,(H,13,16)/t11-/m1/s1. The Labute approximate surface area is 99.0 Å². The van der Waals surface area contributed by atoms with E-state index in [4.69, 9.17) is 0 Å². The van der Waals surface area contributed by atoms with Gasteiger partial charge in [-0.15, -0.1) is 0 Å². The summed E-state index contributed by atoms with van der Waals surface area (Å²) < 4.78 is 0. The molecule has 16 heavy (non-hydrogen) atoms. The number of carbonyl (C=O) groups excluding carboxylic acids is 1. The Morgan fingerprint density at radius 3 is 2.88 bits per heavy atom. The van der Waals surface area contributed by atoms with Crippen LogP contribution in [0.15, 0.2) is 0 Å². The van der Waals surface area contributed by atoms with Gasteiger partial charge in [-0.25, -0.2) is 0 Å². The van der Waals surface area contributed by atoms with Crippen molar-refractivity contribution in [2.24, 2.45) is 5.92 Å². The minimum atomic E-state index is 0.207. The number of carbonyl (C=O) groups is 1. The third-order valence-corrected chi connectivity index (χ3v) is 3.08. The second kappa shape index (κ2) is 6.86. The maximum atomic E-state index is 11.8. The number of hydrogen-bond acceptors (Lipinski definition) is 3. The van der Waals surface area contributed by atoms with Crippen molar-refractivity contribution in [3.63, 3.8) is 0 Å². The van der Waals surface area contributed by atoms with Crippen LogP contribution < -0.4 is 5.32 Å². The van der Waals surface area contributed by atoms with Gasteiger partial charge in [0.2, 0.25) is 5.91 Å². The maximum absolute atomic E-state index is 11.8. The fourth-order valence-corrected chi connectivity index (χ4v) is 2.13. The molecule has 1 fully saturated rings. The van der Waals surface area contributed by atoms with E-state index >= 15 is 0 Å². The molecule has 4 nitrogen and oxygen atoms in total. The van der Waals surface area contributed by atoms with E-state index in [1.165, 1.54) is 0 Å². The molecule has 0 aromatic carbocycles. The van der Waals surface area contributed by atoms with Crippen LogP contribution in [0.5, 0.6) is 0 Å². The van der Waals surface area contributed by atoms with Gasteiger partial charge < -0.3 is 15.1 Å². The van der Waals surface area contributed by atoms with Crippen molar-refractivity contribution in [3.05, 3.63) is 0 Å². The topological polar surface area (TPSA) is 35.6 Å². The zero-order valence-corrected chi connectivity index (χ0v) is 10.8. The minimum Gasteiger partial charge on any atom is -0.356 e. The van der Waals surface area contributed by atoms with Gasteiger partial charge in [-0.3, -0.25) is 4.79 Å². The number of rotatable bonds is 5. The summed E-state index contributed by atoms with van der Waals surface area (Å²) in [4.78, 5) is 16.2. The molecule has 0 aliphatic carbocycles. The summed E-state index contributed by atoms with van der Waals surface area (Å²) in [6.45, 7) is 3.88. The Kier molecular flexibility index (Phi) is 5.77. The molecule has 1 saturated heterocycles. The summed E-state index contributed by atoms with van der Waals surface area (Å²) in [6, 6.07) is 0. The third kappa shape index (κ3) is 4.94. The van der Waals surface area contributed by atoms with Gasteiger partial charge in [0.25, 0.3) is 0 Å². The van der Waals surface area contributed by atoms with Crippen molar-refractivity contribution in [3.8, 4) is 0 Å². The van der Waals surface area contributed by atoms with Crippen LogP contribution in [0.1, 0.15) is 19.3 Å². The number of piperidine rings is 1. The quantitative estimate of drug-likeness (QED) is 0.690. The number of amides is 1. The average Bonchev–Trinajstić information content (AvgIpc) is 2.24. The fraction of sp³-hybridized carbons (Fsp3) is 0.917. The van der Waals surface area contributed by atoms with Crippen LogP contribution in [0.4, 0.5) is 0 Å². The smallest absolute Gasteiger partial charge is 0.224 e. The SMILES string of the molecule is CN(C)CCCNC(=O)[C@@H]1CCCN(C)C1. The Balaban J connectivity index is 2.14. The lowest BCUT2D eigenvalue weighted by Gasteiger charge is -2.28. The average molecular weight is 227 g/mol. The molecule has 0 aromatic heterocycles. The van der Waals surface area contributed by atoms with Crippen LogP contribution in [-0.4, -0.2) is 63.0 Å². The Hall–Kier alpha value is -0.610. The van der Waals surface area contributed by atoms with Crippen molar-refractivity contribution in [2.75, 3.05) is 47.3 Å². The van der Waals surface area contributed by atoms with Crippen LogP contribution in [0.2, 0.25) is 0 Å². The molecule has 0 spiro atoms. The largest absolute Gasteiger partial charge is 0.356 e. The minimum absolute atomic E-state index is 0.207. The van der Waals surface area contributed by atoms with E-state index in [2.05, 4.69) is 36.3 Å². The second-order valence-electron chi connectivity index (χ2n) is 5.05. The fourth-order valence-electron chi connectivity index (χ4n) is 2.13. The molecule has 1 N–H and O–H groups in total. The van der Waals surface area contributed by atoms with Crippen molar-refractivity contribution in [1.29, 1.82) is 0 Å². The Morgan fingerprint density at radius 1 is 1.50 bits per heavy atom. The van der Waals surface area contributed by atoms with E-state index in [0.717, 1.165) is 45.4 Å². The molecular formula is C12H25N3O. The highest BCUT2D eigenvalue weighted by Crippen LogP contribution is 2.14. The van der Waals surface area contributed by atoms with E-state index in [1.807, 2.05) is 0 Å². The summed E-state index contributed by atoms with van der Waals surface area (Å²) in [5.74, 6) is 0.448. The second-order valence-corrected chi connectivity index (χ2v) is 5.05. The van der Waals surface area contributed by atoms with Gasteiger partial charge in [0.15, 0.2) is 0 Å². The summed E-state index contributed by atoms with van der Waals surface area (Å²) in [5.41, 5.74) is 0. The van der Waals surface area contributed by atoms with E-state index in [9.17, 15) is 4.79 Å². The molecule has 1 atom stereocenters. The van der Waals surface area contributed by atoms with Gasteiger partial charge in [-0.2, -0.15) is 0 Å². The van der Waals surface area contributed by atoms with Gasteiger partial charge in [0, 0.05) is 13.1 Å². The molecule has 0 radical (unpaired) electrons. The summed E-state index contributed by atoms with van der Waals surface area (Å²) >= 11 is 0.